The zero-order chi connectivity index (χ0) is 15.2. The molecule has 1 aliphatic rings. The van der Waals surface area contributed by atoms with Crippen LogP contribution in [0.5, 0.6) is 0 Å². The Bertz CT molecular complexity index is 516. The molecule has 0 saturated heterocycles. The Morgan fingerprint density at radius 2 is 2.10 bits per heavy atom. The molecule has 0 heterocycles. The molecule has 2 atom stereocenters. The van der Waals surface area contributed by atoms with Gasteiger partial charge in [-0.25, -0.2) is 4.79 Å². The third kappa shape index (κ3) is 4.49. The molecule has 1 aromatic rings. The lowest BCUT2D eigenvalue weighted by Crippen LogP contribution is -2.39. The number of aromatic carboxylic acids is 1. The summed E-state index contributed by atoms with van der Waals surface area (Å²) in [5.74, 6) is -0.0848. The molecule has 0 spiro atoms. The quantitative estimate of drug-likeness (QED) is 0.877. The van der Waals surface area contributed by atoms with E-state index in [1.807, 2.05) is 11.8 Å². The molecule has 0 bridgehead atoms. The van der Waals surface area contributed by atoms with E-state index in [0.717, 1.165) is 25.0 Å². The second kappa shape index (κ2) is 7.50. The van der Waals surface area contributed by atoms with Gasteiger partial charge in [0.2, 0.25) is 0 Å². The Hall–Kier alpha value is -1.49. The van der Waals surface area contributed by atoms with Crippen LogP contribution in [-0.4, -0.2) is 34.0 Å². The summed E-state index contributed by atoms with van der Waals surface area (Å²) in [7, 11) is 0. The third-order valence-corrected chi connectivity index (χ3v) is 4.97. The van der Waals surface area contributed by atoms with Crippen LogP contribution in [0.3, 0.4) is 0 Å². The minimum atomic E-state index is -1.01. The molecule has 4 nitrogen and oxygen atoms in total. The number of carbonyl (C=O) groups is 2. The van der Waals surface area contributed by atoms with Gasteiger partial charge < -0.3 is 10.4 Å². The highest BCUT2D eigenvalue weighted by Gasteiger charge is 2.23. The molecule has 1 amide bonds. The topological polar surface area (TPSA) is 66.4 Å². The van der Waals surface area contributed by atoms with Gasteiger partial charge in [0, 0.05) is 16.9 Å². The van der Waals surface area contributed by atoms with Gasteiger partial charge in [0.05, 0.1) is 5.56 Å². The number of carbonyl (C=O) groups excluding carboxylic acids is 1. The maximum Gasteiger partial charge on any atom is 0.335 e. The molecule has 2 N–H and O–H groups in total. The van der Waals surface area contributed by atoms with Crippen molar-refractivity contribution in [1.82, 2.24) is 5.32 Å². The predicted octanol–water partition coefficient (Wildman–Crippen LogP) is 3.18. The average Bonchev–Trinajstić information content (AvgIpc) is 2.48. The smallest absolute Gasteiger partial charge is 0.335 e. The van der Waals surface area contributed by atoms with E-state index in [4.69, 9.17) is 5.11 Å². The molecule has 1 aliphatic carbocycles. The Kier molecular flexibility index (Phi) is 5.67. The third-order valence-electron chi connectivity index (χ3n) is 3.74. The van der Waals surface area contributed by atoms with Crippen molar-refractivity contribution in [3.8, 4) is 0 Å². The van der Waals surface area contributed by atoms with Crippen LogP contribution in [0.4, 0.5) is 0 Å². The predicted molar refractivity (Wildman–Crippen MR) is 85.0 cm³/mol. The van der Waals surface area contributed by atoms with Crippen molar-refractivity contribution >= 4 is 23.6 Å². The highest BCUT2D eigenvalue weighted by Crippen LogP contribution is 2.28. The summed E-state index contributed by atoms with van der Waals surface area (Å²) in [6, 6.07) is 6.38. The van der Waals surface area contributed by atoms with Gasteiger partial charge in [0.15, 0.2) is 0 Å². The van der Waals surface area contributed by atoms with Crippen LogP contribution in [0.25, 0.3) is 0 Å². The standard InChI is InChI=1S/C16H21NO3S/c1-2-21-14-8-4-7-13(10-14)17-15(18)11-5-3-6-12(9-11)16(19)20/h3,5-6,9,13-14H,2,4,7-8,10H2,1H3,(H,17,18)(H,19,20). The lowest BCUT2D eigenvalue weighted by Gasteiger charge is -2.29. The molecule has 0 radical (unpaired) electrons. The highest BCUT2D eigenvalue weighted by atomic mass is 32.2. The second-order valence-electron chi connectivity index (χ2n) is 5.30. The molecule has 114 valence electrons. The number of rotatable bonds is 5. The van der Waals surface area contributed by atoms with Gasteiger partial charge in [0.25, 0.3) is 5.91 Å². The van der Waals surface area contributed by atoms with Gasteiger partial charge in [-0.05, 0) is 43.2 Å². The number of thioether (sulfide) groups is 1. The maximum atomic E-state index is 12.2. The van der Waals surface area contributed by atoms with E-state index in [0.29, 0.717) is 10.8 Å². The van der Waals surface area contributed by atoms with Crippen LogP contribution in [-0.2, 0) is 0 Å². The van der Waals surface area contributed by atoms with Crippen molar-refractivity contribution in [2.75, 3.05) is 5.75 Å². The highest BCUT2D eigenvalue weighted by molar-refractivity contribution is 7.99. The Balaban J connectivity index is 1.97. The molecule has 21 heavy (non-hydrogen) atoms. The average molecular weight is 307 g/mol. The van der Waals surface area contributed by atoms with E-state index in [2.05, 4.69) is 12.2 Å². The number of amides is 1. The summed E-state index contributed by atoms with van der Waals surface area (Å²) in [4.78, 5) is 23.2. The van der Waals surface area contributed by atoms with Gasteiger partial charge in [-0.15, -0.1) is 0 Å². The molecule has 1 saturated carbocycles. The Labute approximate surface area is 129 Å². The molecular weight excluding hydrogens is 286 g/mol. The first-order chi connectivity index (χ1) is 10.1. The lowest BCUT2D eigenvalue weighted by atomic mass is 9.94. The summed E-state index contributed by atoms with van der Waals surface area (Å²) in [5.41, 5.74) is 0.561. The van der Waals surface area contributed by atoms with E-state index in [1.54, 1.807) is 12.1 Å². The van der Waals surface area contributed by atoms with Crippen LogP contribution < -0.4 is 5.32 Å². The van der Waals surface area contributed by atoms with Crippen molar-refractivity contribution < 1.29 is 14.7 Å². The van der Waals surface area contributed by atoms with E-state index < -0.39 is 5.97 Å². The first-order valence-corrected chi connectivity index (χ1v) is 8.41. The zero-order valence-electron chi connectivity index (χ0n) is 12.2. The summed E-state index contributed by atoms with van der Waals surface area (Å²) < 4.78 is 0. The largest absolute Gasteiger partial charge is 0.478 e. The van der Waals surface area contributed by atoms with Gasteiger partial charge in [-0.3, -0.25) is 4.79 Å². The summed E-state index contributed by atoms with van der Waals surface area (Å²) in [5, 5.41) is 12.6. The molecule has 2 rings (SSSR count). The molecule has 1 fully saturated rings. The van der Waals surface area contributed by atoms with Crippen molar-refractivity contribution in [3.05, 3.63) is 35.4 Å². The molecule has 2 unspecified atom stereocenters. The number of carboxylic acids is 1. The van der Waals surface area contributed by atoms with Crippen LogP contribution in [0.15, 0.2) is 24.3 Å². The maximum absolute atomic E-state index is 12.2. The number of hydrogen-bond donors (Lipinski definition) is 2. The van der Waals surface area contributed by atoms with E-state index in [9.17, 15) is 9.59 Å². The summed E-state index contributed by atoms with van der Waals surface area (Å²) in [6.07, 6.45) is 4.37. The SMILES string of the molecule is CCSC1CCCC(NC(=O)c2cccc(C(=O)O)c2)C1. The summed E-state index contributed by atoms with van der Waals surface area (Å²) >= 11 is 1.96. The van der Waals surface area contributed by atoms with Crippen LogP contribution in [0, 0.1) is 0 Å². The molecule has 0 aliphatic heterocycles. The monoisotopic (exact) mass is 307 g/mol. The number of hydrogen-bond acceptors (Lipinski definition) is 3. The number of carboxylic acid groups (broad SMARTS) is 1. The van der Waals surface area contributed by atoms with Crippen molar-refractivity contribution in [1.29, 1.82) is 0 Å². The van der Waals surface area contributed by atoms with Crippen molar-refractivity contribution in [2.24, 2.45) is 0 Å². The number of nitrogens with one attached hydrogen (secondary N) is 1. The van der Waals surface area contributed by atoms with Gasteiger partial charge >= 0.3 is 5.97 Å². The summed E-state index contributed by atoms with van der Waals surface area (Å²) in [6.45, 7) is 2.16. The Morgan fingerprint density at radius 3 is 2.81 bits per heavy atom. The van der Waals surface area contributed by atoms with Gasteiger partial charge in [-0.2, -0.15) is 11.8 Å². The first kappa shape index (κ1) is 15.9. The van der Waals surface area contributed by atoms with Gasteiger partial charge in [0.1, 0.15) is 0 Å². The zero-order valence-corrected chi connectivity index (χ0v) is 13.0. The van der Waals surface area contributed by atoms with Crippen LogP contribution in [0.2, 0.25) is 0 Å². The molecule has 0 aromatic heterocycles. The van der Waals surface area contributed by atoms with Crippen LogP contribution >= 0.6 is 11.8 Å². The van der Waals surface area contributed by atoms with Crippen molar-refractivity contribution in [3.63, 3.8) is 0 Å². The minimum absolute atomic E-state index is 0.144. The van der Waals surface area contributed by atoms with Crippen LogP contribution in [0.1, 0.15) is 53.3 Å². The fourth-order valence-corrected chi connectivity index (χ4v) is 3.90. The second-order valence-corrected chi connectivity index (χ2v) is 6.88. The first-order valence-electron chi connectivity index (χ1n) is 7.36. The molecule has 1 aromatic carbocycles. The van der Waals surface area contributed by atoms with E-state index in [1.165, 1.54) is 18.6 Å². The van der Waals surface area contributed by atoms with E-state index in [-0.39, 0.29) is 17.5 Å². The molecule has 5 heteroatoms. The van der Waals surface area contributed by atoms with Crippen molar-refractivity contribution in [2.45, 2.75) is 43.9 Å². The minimum Gasteiger partial charge on any atom is -0.478 e. The lowest BCUT2D eigenvalue weighted by molar-refractivity contribution is 0.0697. The fourth-order valence-electron chi connectivity index (χ4n) is 2.73. The Morgan fingerprint density at radius 1 is 1.33 bits per heavy atom. The van der Waals surface area contributed by atoms with Gasteiger partial charge in [-0.1, -0.05) is 19.4 Å². The van der Waals surface area contributed by atoms with E-state index >= 15 is 0 Å². The fraction of sp³-hybridized carbons (Fsp3) is 0.500. The molecular formula is C16H21NO3S. The number of benzene rings is 1. The normalized spacial score (nSPS) is 21.8.